The molecule has 5 aliphatic rings. The van der Waals surface area contributed by atoms with Gasteiger partial charge < -0.3 is 149 Å². The van der Waals surface area contributed by atoms with Crippen LogP contribution in [0.3, 0.4) is 0 Å². The molecule has 0 saturated carbocycles. The van der Waals surface area contributed by atoms with E-state index in [9.17, 15) is 95.5 Å². The van der Waals surface area contributed by atoms with Gasteiger partial charge in [0, 0.05) is 12.3 Å². The first-order valence-corrected chi connectivity index (χ1v) is 28.2. The zero-order valence-electron chi connectivity index (χ0n) is 47.3. The fourth-order valence-corrected chi connectivity index (χ4v) is 10.8. The minimum Gasteiger partial charge on any atom is -0.462 e. The third-order valence-electron chi connectivity index (χ3n) is 15.9. The summed E-state index contributed by atoms with van der Waals surface area (Å²) in [6, 6.07) is 2.29. The van der Waals surface area contributed by atoms with Crippen molar-refractivity contribution in [1.29, 1.82) is 0 Å². The van der Waals surface area contributed by atoms with Crippen LogP contribution in [-0.4, -0.2) is 304 Å². The number of ether oxygens (including phenoxy) is 5. The van der Waals surface area contributed by atoms with Crippen molar-refractivity contribution >= 4 is 41.8 Å². The molecule has 7 rings (SSSR count). The summed E-state index contributed by atoms with van der Waals surface area (Å²) in [7, 11) is 0. The number of benzene rings is 2. The van der Waals surface area contributed by atoms with Crippen molar-refractivity contribution in [3.63, 3.8) is 0 Å². The number of guanidine groups is 2. The van der Waals surface area contributed by atoms with Crippen LogP contribution in [0.1, 0.15) is 30.4 Å². The molecule has 35 heteroatoms. The van der Waals surface area contributed by atoms with E-state index in [1.54, 1.807) is 37.3 Å². The number of carbonyl (C=O) groups excluding carboxylic acids is 5. The lowest BCUT2D eigenvalue weighted by atomic mass is 9.89. The number of aliphatic hydroxyl groups excluding tert-OH is 14. The fraction of sp³-hybridized carbons (Fsp3) is 0.642. The fourth-order valence-electron chi connectivity index (χ4n) is 10.8. The Kier molecular flexibility index (Phi) is 24.2. The van der Waals surface area contributed by atoms with Gasteiger partial charge in [0.25, 0.3) is 0 Å². The minimum absolute atomic E-state index is 0.0430. The predicted octanol–water partition coefficient (Wildman–Crippen LogP) is -12.3. The third kappa shape index (κ3) is 15.6. The van der Waals surface area contributed by atoms with E-state index in [0.717, 1.165) is 4.90 Å². The first-order valence-electron chi connectivity index (χ1n) is 28.2. The molecule has 2 aromatic rings. The van der Waals surface area contributed by atoms with Crippen LogP contribution in [0.5, 0.6) is 5.75 Å². The molecule has 2 aromatic carbocycles. The van der Waals surface area contributed by atoms with Crippen LogP contribution in [0.15, 0.2) is 64.6 Å². The Labute approximate surface area is 501 Å². The number of nitrogens with one attached hydrogen (secondary N) is 5. The Morgan fingerprint density at radius 2 is 1.26 bits per heavy atom. The largest absolute Gasteiger partial charge is 0.462 e. The number of aldehydes is 1. The van der Waals surface area contributed by atoms with E-state index in [2.05, 4.69) is 36.6 Å². The molecule has 0 aliphatic carbocycles. The summed E-state index contributed by atoms with van der Waals surface area (Å²) in [6.07, 6.45) is -30.7. The Morgan fingerprint density at radius 1 is 0.682 bits per heavy atom. The van der Waals surface area contributed by atoms with Crippen molar-refractivity contribution in [2.24, 2.45) is 27.2 Å². The van der Waals surface area contributed by atoms with Gasteiger partial charge in [-0.15, -0.1) is 0 Å². The molecule has 35 nitrogen and oxygen atoms in total. The second kappa shape index (κ2) is 30.9. The van der Waals surface area contributed by atoms with Crippen molar-refractivity contribution in [3.8, 4) is 5.75 Å². The Hall–Kier alpha value is -6.43. The van der Waals surface area contributed by atoms with Crippen molar-refractivity contribution in [3.05, 3.63) is 65.7 Å². The van der Waals surface area contributed by atoms with Crippen molar-refractivity contribution in [1.82, 2.24) is 31.5 Å². The number of amides is 4. The van der Waals surface area contributed by atoms with Gasteiger partial charge in [-0.25, -0.2) is 0 Å². The second-order valence-electron chi connectivity index (χ2n) is 21.7. The van der Waals surface area contributed by atoms with E-state index >= 15 is 0 Å². The summed E-state index contributed by atoms with van der Waals surface area (Å²) in [4.78, 5) is 79.1. The van der Waals surface area contributed by atoms with Gasteiger partial charge in [-0.2, -0.15) is 0 Å². The molecule has 20 unspecified atom stereocenters. The molecule has 0 aromatic heterocycles. The molecule has 5 aliphatic heterocycles. The van der Waals surface area contributed by atoms with Gasteiger partial charge in [-0.1, -0.05) is 49.4 Å². The molecule has 490 valence electrons. The summed E-state index contributed by atoms with van der Waals surface area (Å²) in [5.74, 6) is -6.10. The second-order valence-corrected chi connectivity index (χ2v) is 21.7. The predicted molar refractivity (Wildman–Crippen MR) is 297 cm³/mol. The normalized spacial score (nSPS) is 33.4. The lowest BCUT2D eigenvalue weighted by Crippen LogP contribution is -2.70. The molecule has 25 N–H and O–H groups in total. The monoisotopic (exact) mass is 1250 g/mol. The van der Waals surface area contributed by atoms with E-state index in [4.69, 9.17) is 40.9 Å². The van der Waals surface area contributed by atoms with Crippen LogP contribution in [0, 0.1) is 0 Å². The molecule has 4 amide bonds. The molecular weight excluding hydrogens is 1170 g/mol. The van der Waals surface area contributed by atoms with Gasteiger partial charge in [0.1, 0.15) is 122 Å². The average Bonchev–Trinajstić information content (AvgIpc) is 2.31. The Bertz CT molecular complexity index is 2710. The zero-order valence-corrected chi connectivity index (χ0v) is 47.3. The van der Waals surface area contributed by atoms with E-state index in [1.807, 2.05) is 0 Å². The zero-order chi connectivity index (χ0) is 64.4. The van der Waals surface area contributed by atoms with Crippen molar-refractivity contribution in [2.75, 3.05) is 39.5 Å². The number of aliphatic hydroxyl groups is 14. The molecule has 5 heterocycles. The Balaban J connectivity index is 1.16. The van der Waals surface area contributed by atoms with Gasteiger partial charge in [0.05, 0.1) is 57.6 Å². The lowest BCUT2D eigenvalue weighted by molar-refractivity contribution is -0.352. The summed E-state index contributed by atoms with van der Waals surface area (Å²) in [5, 5.41) is 161. The molecule has 0 bridgehead atoms. The molecule has 0 spiro atoms. The first-order chi connectivity index (χ1) is 41.9. The van der Waals surface area contributed by atoms with Gasteiger partial charge >= 0.3 is 0 Å². The van der Waals surface area contributed by atoms with E-state index in [1.165, 1.54) is 24.3 Å². The highest BCUT2D eigenvalue weighted by molar-refractivity contribution is 5.96. The maximum absolute atomic E-state index is 14.9. The van der Waals surface area contributed by atoms with Crippen LogP contribution >= 0.6 is 0 Å². The number of hydrogen-bond acceptors (Lipinski definition) is 31. The maximum Gasteiger partial charge on any atom is 0.246 e. The maximum atomic E-state index is 14.9. The smallest absolute Gasteiger partial charge is 0.246 e. The molecule has 88 heavy (non-hydrogen) atoms. The lowest BCUT2D eigenvalue weighted by Gasteiger charge is -2.46. The van der Waals surface area contributed by atoms with Gasteiger partial charge in [-0.05, 0) is 29.7 Å². The molecule has 0 radical (unpaired) electrons. The standard InChI is InChI=1S/C53H79N11O24/c1-2-24(21-6-4-3-5-7-21)31(54)46(81)60-25(12-20-8-10-23(11-9-20)84-50-43(79)40(76)44(30(19-69)87-50)88-51-42(78)39(75)37(73)29(18-68)86-51)45(80)62-32(34(70)26-13-57-52(55)61-26)48(83)63-33(47(82)59-22(15-65)16-66)35(71)27-14-58-53(56)64(27)49-41(77)38(74)36(72)28(17-67)85-49/h3-11,15,22,24-44,49-51,66-79H,2,12-14,16-19,54H2,1H3,(H2,56,58)(H,59,82)(H,60,81)(H,62,80)(H,63,83)(H3,55,57,61)/t22-,24?,25+,26?,27?,28?,29?,30?,31+,32+,33+,34?,35?,36?,37?,38?,39?,40?,41?,42?,43?,44?,49?,50?,51?/m1/s1. The van der Waals surface area contributed by atoms with Crippen LogP contribution in [0.2, 0.25) is 0 Å². The average molecular weight is 1250 g/mol. The highest BCUT2D eigenvalue weighted by Crippen LogP contribution is 2.32. The number of nitrogens with two attached hydrogens (primary N) is 3. The molecule has 25 atom stereocenters. The summed E-state index contributed by atoms with van der Waals surface area (Å²) in [5.41, 5.74) is 19.6. The highest BCUT2D eigenvalue weighted by atomic mass is 16.7. The van der Waals surface area contributed by atoms with E-state index in [-0.39, 0.29) is 30.1 Å². The van der Waals surface area contributed by atoms with Crippen LogP contribution < -0.4 is 48.5 Å². The van der Waals surface area contributed by atoms with Crippen LogP contribution in [-0.2, 0) is 49.3 Å². The van der Waals surface area contributed by atoms with Crippen molar-refractivity contribution < 1.29 is 119 Å². The number of carbonyl (C=O) groups is 5. The summed E-state index contributed by atoms with van der Waals surface area (Å²) >= 11 is 0. The van der Waals surface area contributed by atoms with E-state index < -0.39 is 221 Å². The number of aliphatic imine (C=N–C) groups is 2. The summed E-state index contributed by atoms with van der Waals surface area (Å²) in [6.45, 7) is -2.55. The van der Waals surface area contributed by atoms with Gasteiger partial charge in [0.15, 0.2) is 24.4 Å². The quantitative estimate of drug-likeness (QED) is 0.0369. The number of rotatable bonds is 27. The van der Waals surface area contributed by atoms with Crippen LogP contribution in [0.4, 0.5) is 0 Å². The van der Waals surface area contributed by atoms with Gasteiger partial charge in [0.2, 0.25) is 29.9 Å². The minimum atomic E-state index is -2.26. The third-order valence-corrected chi connectivity index (χ3v) is 15.9. The van der Waals surface area contributed by atoms with E-state index in [0.29, 0.717) is 12.0 Å². The Morgan fingerprint density at radius 3 is 1.85 bits per heavy atom. The topological polar surface area (TPSA) is 581 Å². The molecule has 3 saturated heterocycles. The molecular formula is C53H79N11O24. The van der Waals surface area contributed by atoms with Crippen LogP contribution in [0.25, 0.3) is 0 Å². The highest BCUT2D eigenvalue weighted by Gasteiger charge is 2.54. The van der Waals surface area contributed by atoms with Gasteiger partial charge in [-0.3, -0.25) is 29.2 Å². The SMILES string of the molecule is CCC(c1ccccc1)[C@H](N)C(=O)N[C@@H](Cc1ccc(OC2OC(CO)C(OC3OC(CO)C(O)C(O)C3O)C(O)C2O)cc1)C(=O)N[C@H](C(=O)N[C@H](C(=O)N[C@H](C=O)CO)C(O)C1CN=C(N)N1C1OC(CO)C(O)C(O)C1O)C(O)C1CN=C(N)N1. The summed E-state index contributed by atoms with van der Waals surface area (Å²) < 4.78 is 28.2. The number of nitrogens with zero attached hydrogens (tertiary/aromatic N) is 3. The first kappa shape index (κ1) is 69.1. The molecule has 3 fully saturated rings. The number of hydrogen-bond donors (Lipinski definition) is 22. The van der Waals surface area contributed by atoms with Crippen molar-refractivity contribution in [2.45, 2.75) is 172 Å².